The minimum absolute atomic E-state index is 0.151. The molecule has 0 radical (unpaired) electrons. The Hall–Kier alpha value is -0.730. The van der Waals surface area contributed by atoms with E-state index < -0.39 is 10.0 Å². The van der Waals surface area contributed by atoms with Gasteiger partial charge in [-0.05, 0) is 41.8 Å². The molecule has 108 valence electrons. The molecule has 1 atom stereocenters. The normalized spacial score (nSPS) is 20.0. The molecule has 2 aromatic heterocycles. The average molecular weight is 329 g/mol. The largest absolute Gasteiger partial charge is 0.391 e. The Morgan fingerprint density at radius 1 is 1.35 bits per heavy atom. The van der Waals surface area contributed by atoms with Crippen molar-refractivity contribution >= 4 is 32.7 Å². The number of hydrogen-bond acceptors (Lipinski definition) is 5. The average Bonchev–Trinajstić information content (AvgIpc) is 3.07. The van der Waals surface area contributed by atoms with Gasteiger partial charge in [-0.3, -0.25) is 0 Å². The third-order valence-corrected chi connectivity index (χ3v) is 7.74. The summed E-state index contributed by atoms with van der Waals surface area (Å²) in [5.74, 6) is 0. The highest BCUT2D eigenvalue weighted by Gasteiger charge is 2.35. The second-order valence-corrected chi connectivity index (χ2v) is 8.57. The third-order valence-electron chi connectivity index (χ3n) is 3.66. The van der Waals surface area contributed by atoms with E-state index in [1.807, 2.05) is 18.4 Å². The first-order valence-corrected chi connectivity index (χ1v) is 9.51. The van der Waals surface area contributed by atoms with Crippen LogP contribution in [0, 0.1) is 0 Å². The minimum atomic E-state index is -3.54. The van der Waals surface area contributed by atoms with Gasteiger partial charge in [0.2, 0.25) is 10.0 Å². The van der Waals surface area contributed by atoms with Crippen molar-refractivity contribution in [1.82, 2.24) is 4.31 Å². The number of sulfonamides is 1. The van der Waals surface area contributed by atoms with Crippen LogP contribution in [0.4, 0.5) is 0 Å². The number of thiophene rings is 2. The molecule has 2 aromatic rings. The zero-order chi connectivity index (χ0) is 14.3. The molecule has 1 aliphatic heterocycles. The van der Waals surface area contributed by atoms with E-state index in [1.165, 1.54) is 16.2 Å². The van der Waals surface area contributed by atoms with E-state index in [2.05, 4.69) is 0 Å². The van der Waals surface area contributed by atoms with Gasteiger partial charge in [0.15, 0.2) is 0 Å². The number of aliphatic hydroxyl groups excluding tert-OH is 1. The highest BCUT2D eigenvalue weighted by Crippen LogP contribution is 2.37. The first kappa shape index (κ1) is 14.2. The van der Waals surface area contributed by atoms with Crippen LogP contribution >= 0.6 is 22.7 Å². The van der Waals surface area contributed by atoms with Crippen molar-refractivity contribution < 1.29 is 13.5 Å². The summed E-state index contributed by atoms with van der Waals surface area (Å²) < 4.78 is 27.1. The summed E-state index contributed by atoms with van der Waals surface area (Å²) in [5.41, 5.74) is 1.10. The molecule has 1 unspecified atom stereocenters. The number of aliphatic hydroxyl groups is 1. The second-order valence-electron chi connectivity index (χ2n) is 4.71. The quantitative estimate of drug-likeness (QED) is 0.942. The predicted octanol–water partition coefficient (Wildman–Crippen LogP) is 2.61. The Balaban J connectivity index is 2.01. The zero-order valence-corrected chi connectivity index (χ0v) is 13.4. The summed E-state index contributed by atoms with van der Waals surface area (Å²) >= 11 is 2.96. The number of nitrogens with zero attached hydrogens (tertiary/aromatic N) is 1. The van der Waals surface area contributed by atoms with Gasteiger partial charge in [0.25, 0.3) is 0 Å². The van der Waals surface area contributed by atoms with Crippen LogP contribution in [0.3, 0.4) is 0 Å². The lowest BCUT2D eigenvalue weighted by molar-refractivity contribution is 0.281. The fourth-order valence-corrected chi connectivity index (χ4v) is 6.46. The lowest BCUT2D eigenvalue weighted by atomic mass is 10.0. The van der Waals surface area contributed by atoms with Crippen molar-refractivity contribution in [2.45, 2.75) is 30.9 Å². The van der Waals surface area contributed by atoms with Gasteiger partial charge < -0.3 is 5.11 Å². The van der Waals surface area contributed by atoms with Crippen molar-refractivity contribution in [1.29, 1.82) is 0 Å². The van der Waals surface area contributed by atoms with Crippen LogP contribution in [0.1, 0.15) is 28.3 Å². The lowest BCUT2D eigenvalue weighted by Crippen LogP contribution is -2.38. The maximum atomic E-state index is 12.8. The topological polar surface area (TPSA) is 57.6 Å². The van der Waals surface area contributed by atoms with Gasteiger partial charge in [-0.15, -0.1) is 22.7 Å². The molecule has 0 bridgehead atoms. The van der Waals surface area contributed by atoms with E-state index in [-0.39, 0.29) is 17.5 Å². The number of hydrogen-bond donors (Lipinski definition) is 1. The Bertz CT molecular complexity index is 717. The van der Waals surface area contributed by atoms with E-state index in [0.717, 1.165) is 12.0 Å². The Morgan fingerprint density at radius 2 is 2.10 bits per heavy atom. The van der Waals surface area contributed by atoms with Crippen molar-refractivity contribution in [3.8, 4) is 0 Å². The molecule has 0 saturated heterocycles. The SMILES string of the molecule is CC1c2ccsc2CCN1S(=O)(=O)c1ccsc1CO. The van der Waals surface area contributed by atoms with Crippen molar-refractivity contribution in [2.75, 3.05) is 6.54 Å². The summed E-state index contributed by atoms with van der Waals surface area (Å²) in [6.45, 7) is 2.18. The molecule has 0 fully saturated rings. The van der Waals surface area contributed by atoms with Crippen molar-refractivity contribution in [3.63, 3.8) is 0 Å². The molecule has 0 aliphatic carbocycles. The summed E-state index contributed by atoms with van der Waals surface area (Å²) in [7, 11) is -3.54. The van der Waals surface area contributed by atoms with Gasteiger partial charge in [0.05, 0.1) is 11.5 Å². The monoisotopic (exact) mass is 329 g/mol. The highest BCUT2D eigenvalue weighted by atomic mass is 32.2. The maximum absolute atomic E-state index is 12.8. The standard InChI is InChI=1S/C13H15NO3S3/c1-9-10-3-6-18-11(10)2-5-14(9)20(16,17)13-4-7-19-12(13)8-15/h3-4,6-7,9,15H,2,5,8H2,1H3. The molecule has 0 aromatic carbocycles. The first-order chi connectivity index (χ1) is 9.55. The minimum Gasteiger partial charge on any atom is -0.391 e. The van der Waals surface area contributed by atoms with Gasteiger partial charge in [0, 0.05) is 22.3 Å². The van der Waals surface area contributed by atoms with Crippen LogP contribution in [0.25, 0.3) is 0 Å². The number of rotatable bonds is 3. The van der Waals surface area contributed by atoms with E-state index >= 15 is 0 Å². The molecule has 3 rings (SSSR count). The Morgan fingerprint density at radius 3 is 2.85 bits per heavy atom. The van der Waals surface area contributed by atoms with Crippen LogP contribution < -0.4 is 0 Å². The lowest BCUT2D eigenvalue weighted by Gasteiger charge is -2.32. The van der Waals surface area contributed by atoms with Crippen LogP contribution in [0.2, 0.25) is 0 Å². The fourth-order valence-electron chi connectivity index (χ4n) is 2.62. The van der Waals surface area contributed by atoms with Crippen LogP contribution in [-0.2, 0) is 23.1 Å². The summed E-state index contributed by atoms with van der Waals surface area (Å²) in [4.78, 5) is 2.03. The Labute approximate surface area is 126 Å². The second kappa shape index (κ2) is 5.23. The van der Waals surface area contributed by atoms with Crippen LogP contribution in [-0.4, -0.2) is 24.4 Å². The molecule has 1 aliphatic rings. The highest BCUT2D eigenvalue weighted by molar-refractivity contribution is 7.89. The predicted molar refractivity (Wildman–Crippen MR) is 80.6 cm³/mol. The van der Waals surface area contributed by atoms with E-state index in [0.29, 0.717) is 11.4 Å². The van der Waals surface area contributed by atoms with Gasteiger partial charge >= 0.3 is 0 Å². The van der Waals surface area contributed by atoms with Gasteiger partial charge in [0.1, 0.15) is 0 Å². The molecule has 0 spiro atoms. The molecule has 4 nitrogen and oxygen atoms in total. The van der Waals surface area contributed by atoms with Crippen LogP contribution in [0.5, 0.6) is 0 Å². The van der Waals surface area contributed by atoms with E-state index in [1.54, 1.807) is 27.1 Å². The molecule has 7 heteroatoms. The number of fused-ring (bicyclic) bond motifs is 1. The fraction of sp³-hybridized carbons (Fsp3) is 0.385. The van der Waals surface area contributed by atoms with Crippen molar-refractivity contribution in [2.24, 2.45) is 0 Å². The molecule has 0 saturated carbocycles. The molecular weight excluding hydrogens is 314 g/mol. The zero-order valence-electron chi connectivity index (χ0n) is 10.9. The maximum Gasteiger partial charge on any atom is 0.244 e. The Kier molecular flexibility index (Phi) is 3.72. The first-order valence-electron chi connectivity index (χ1n) is 6.31. The third kappa shape index (κ3) is 2.14. The molecule has 1 N–H and O–H groups in total. The summed E-state index contributed by atoms with van der Waals surface area (Å²) in [6.07, 6.45) is 0.759. The van der Waals surface area contributed by atoms with Crippen LogP contribution in [0.15, 0.2) is 27.8 Å². The molecular formula is C13H15NO3S3. The smallest absolute Gasteiger partial charge is 0.244 e. The molecule has 3 heterocycles. The van der Waals surface area contributed by atoms with E-state index in [4.69, 9.17) is 0 Å². The molecule has 0 amide bonds. The van der Waals surface area contributed by atoms with Gasteiger partial charge in [-0.25, -0.2) is 8.42 Å². The van der Waals surface area contributed by atoms with Gasteiger partial charge in [-0.1, -0.05) is 0 Å². The summed E-state index contributed by atoms with van der Waals surface area (Å²) in [5, 5.41) is 13.0. The molecule has 20 heavy (non-hydrogen) atoms. The van der Waals surface area contributed by atoms with E-state index in [9.17, 15) is 13.5 Å². The van der Waals surface area contributed by atoms with Crippen molar-refractivity contribution in [3.05, 3.63) is 38.2 Å². The van der Waals surface area contributed by atoms with Gasteiger partial charge in [-0.2, -0.15) is 4.31 Å². The summed E-state index contributed by atoms with van der Waals surface area (Å²) in [6, 6.07) is 3.44.